The number of furan rings is 2. The van der Waals surface area contributed by atoms with Gasteiger partial charge in [0.15, 0.2) is 0 Å². The van der Waals surface area contributed by atoms with Gasteiger partial charge in [-0.05, 0) is 64.9 Å². The maximum atomic E-state index is 6.63. The van der Waals surface area contributed by atoms with Crippen molar-refractivity contribution in [3.05, 3.63) is 152 Å². The fraction of sp³-hybridized carbons (Fsp3) is 0. The van der Waals surface area contributed by atoms with Crippen molar-refractivity contribution in [3.8, 4) is 11.1 Å². The van der Waals surface area contributed by atoms with Crippen LogP contribution in [-0.4, -0.2) is 0 Å². The highest BCUT2D eigenvalue weighted by atomic mass is 16.3. The van der Waals surface area contributed by atoms with Gasteiger partial charge in [-0.15, -0.1) is 0 Å². The normalized spacial score (nSPS) is 11.7. The third-order valence-corrected chi connectivity index (χ3v) is 8.42. The van der Waals surface area contributed by atoms with Gasteiger partial charge in [-0.3, -0.25) is 0 Å². The van der Waals surface area contributed by atoms with Crippen LogP contribution in [0.25, 0.3) is 65.8 Å². The minimum atomic E-state index is 0.842. The second kappa shape index (κ2) is 9.37. The third kappa shape index (κ3) is 3.75. The summed E-state index contributed by atoms with van der Waals surface area (Å²) in [7, 11) is 0. The molecule has 202 valence electrons. The van der Waals surface area contributed by atoms with E-state index in [1.54, 1.807) is 0 Å². The van der Waals surface area contributed by atoms with Crippen LogP contribution in [-0.2, 0) is 0 Å². The summed E-state index contributed by atoms with van der Waals surface area (Å²) in [6.07, 6.45) is 0. The van der Waals surface area contributed by atoms with Crippen molar-refractivity contribution in [1.82, 2.24) is 0 Å². The number of para-hydroxylation sites is 2. The van der Waals surface area contributed by atoms with E-state index in [-0.39, 0.29) is 0 Å². The average molecular weight is 552 g/mol. The summed E-state index contributed by atoms with van der Waals surface area (Å²) < 4.78 is 13.2. The quantitative estimate of drug-likeness (QED) is 0.218. The maximum absolute atomic E-state index is 6.63. The van der Waals surface area contributed by atoms with Crippen molar-refractivity contribution in [2.45, 2.75) is 0 Å². The topological polar surface area (TPSA) is 29.5 Å². The summed E-state index contributed by atoms with van der Waals surface area (Å²) in [4.78, 5) is 2.32. The second-order valence-electron chi connectivity index (χ2n) is 10.9. The summed E-state index contributed by atoms with van der Waals surface area (Å²) >= 11 is 0. The number of fused-ring (bicyclic) bond motifs is 7. The molecule has 0 N–H and O–H groups in total. The zero-order valence-corrected chi connectivity index (χ0v) is 23.2. The van der Waals surface area contributed by atoms with Gasteiger partial charge in [0.2, 0.25) is 0 Å². The Kier molecular flexibility index (Phi) is 5.20. The predicted molar refractivity (Wildman–Crippen MR) is 179 cm³/mol. The fourth-order valence-electron chi connectivity index (χ4n) is 6.45. The van der Waals surface area contributed by atoms with E-state index in [0.29, 0.717) is 0 Å². The lowest BCUT2D eigenvalue weighted by Crippen LogP contribution is -2.10. The van der Waals surface area contributed by atoms with Crippen LogP contribution >= 0.6 is 0 Å². The first-order chi connectivity index (χ1) is 21.3. The van der Waals surface area contributed by atoms with E-state index >= 15 is 0 Å². The van der Waals surface area contributed by atoms with E-state index in [4.69, 9.17) is 8.83 Å². The van der Waals surface area contributed by atoms with Gasteiger partial charge >= 0.3 is 0 Å². The molecule has 9 aromatic rings. The molecule has 43 heavy (non-hydrogen) atoms. The number of anilines is 3. The lowest BCUT2D eigenvalue weighted by atomic mass is 10.0. The highest BCUT2D eigenvalue weighted by molar-refractivity contribution is 6.19. The lowest BCUT2D eigenvalue weighted by Gasteiger charge is -2.26. The Hall–Kier alpha value is -5.80. The molecule has 0 radical (unpaired) electrons. The first-order valence-electron chi connectivity index (χ1n) is 14.5. The van der Waals surface area contributed by atoms with Crippen LogP contribution in [0.4, 0.5) is 17.1 Å². The van der Waals surface area contributed by atoms with Crippen LogP contribution in [0.2, 0.25) is 0 Å². The van der Waals surface area contributed by atoms with Gasteiger partial charge in [0, 0.05) is 33.1 Å². The SMILES string of the molecule is c1ccc(-c2cccc3c2oc2cc4c(cc23)oc2cccc(N(c3ccccc3)c3ccc5ccccc5c3)c24)cc1. The molecule has 0 saturated carbocycles. The summed E-state index contributed by atoms with van der Waals surface area (Å²) in [5.41, 5.74) is 8.87. The van der Waals surface area contributed by atoms with Gasteiger partial charge in [0.25, 0.3) is 0 Å². The van der Waals surface area contributed by atoms with Gasteiger partial charge in [-0.2, -0.15) is 0 Å². The van der Waals surface area contributed by atoms with Gasteiger partial charge < -0.3 is 13.7 Å². The Morgan fingerprint density at radius 2 is 1.14 bits per heavy atom. The van der Waals surface area contributed by atoms with Gasteiger partial charge in [0.1, 0.15) is 22.3 Å². The van der Waals surface area contributed by atoms with Gasteiger partial charge in [-0.1, -0.05) is 103 Å². The number of hydrogen-bond acceptors (Lipinski definition) is 3. The smallest absolute Gasteiger partial charge is 0.143 e. The Balaban J connectivity index is 1.31. The van der Waals surface area contributed by atoms with Crippen molar-refractivity contribution < 1.29 is 8.83 Å². The van der Waals surface area contributed by atoms with Crippen LogP contribution in [0.1, 0.15) is 0 Å². The van der Waals surface area contributed by atoms with Crippen LogP contribution < -0.4 is 4.90 Å². The Morgan fingerprint density at radius 1 is 0.419 bits per heavy atom. The van der Waals surface area contributed by atoms with E-state index in [1.165, 1.54) is 10.8 Å². The van der Waals surface area contributed by atoms with Crippen molar-refractivity contribution >= 4 is 71.7 Å². The predicted octanol–water partition coefficient (Wildman–Crippen LogP) is 11.8. The maximum Gasteiger partial charge on any atom is 0.143 e. The number of benzene rings is 7. The molecule has 9 rings (SSSR count). The molecule has 0 bridgehead atoms. The minimum Gasteiger partial charge on any atom is -0.456 e. The summed E-state index contributed by atoms with van der Waals surface area (Å²) in [6.45, 7) is 0. The molecule has 0 atom stereocenters. The van der Waals surface area contributed by atoms with Crippen molar-refractivity contribution in [3.63, 3.8) is 0 Å². The highest BCUT2D eigenvalue weighted by Gasteiger charge is 2.21. The summed E-state index contributed by atoms with van der Waals surface area (Å²) in [5, 5.41) is 6.63. The molecule has 0 aliphatic carbocycles. The van der Waals surface area contributed by atoms with Crippen LogP contribution in [0.15, 0.2) is 160 Å². The molecule has 0 saturated heterocycles. The lowest BCUT2D eigenvalue weighted by molar-refractivity contribution is 0.664. The molecule has 0 spiro atoms. The standard InChI is InChI=1S/C40H25NO2/c1-3-12-27(13-4-1)31-17-9-18-32-33-24-38-34(25-37(33)43-40(31)32)39-35(19-10-20-36(39)42-38)41(29-15-5-2-6-16-29)30-22-21-26-11-7-8-14-28(26)23-30/h1-25H. The van der Waals surface area contributed by atoms with E-state index in [1.807, 2.05) is 6.07 Å². The van der Waals surface area contributed by atoms with E-state index < -0.39 is 0 Å². The molecule has 7 aromatic carbocycles. The van der Waals surface area contributed by atoms with Gasteiger partial charge in [0.05, 0.1) is 11.1 Å². The molecule has 0 fully saturated rings. The fourth-order valence-corrected chi connectivity index (χ4v) is 6.45. The largest absolute Gasteiger partial charge is 0.456 e. The Bertz CT molecular complexity index is 2450. The van der Waals surface area contributed by atoms with Crippen molar-refractivity contribution in [1.29, 1.82) is 0 Å². The van der Waals surface area contributed by atoms with Crippen molar-refractivity contribution in [2.24, 2.45) is 0 Å². The first kappa shape index (κ1) is 23.9. The van der Waals surface area contributed by atoms with E-state index in [0.717, 1.165) is 72.1 Å². The molecule has 0 amide bonds. The van der Waals surface area contributed by atoms with E-state index in [2.05, 4.69) is 150 Å². The number of hydrogen-bond donors (Lipinski definition) is 0. The minimum absolute atomic E-state index is 0.842. The molecular formula is C40H25NO2. The van der Waals surface area contributed by atoms with E-state index in [9.17, 15) is 0 Å². The monoisotopic (exact) mass is 551 g/mol. The molecular weight excluding hydrogens is 526 g/mol. The van der Waals surface area contributed by atoms with Crippen LogP contribution in [0.3, 0.4) is 0 Å². The zero-order chi connectivity index (χ0) is 28.3. The Morgan fingerprint density at radius 3 is 2.00 bits per heavy atom. The molecule has 3 heteroatoms. The zero-order valence-electron chi connectivity index (χ0n) is 23.2. The van der Waals surface area contributed by atoms with Crippen LogP contribution in [0, 0.1) is 0 Å². The number of nitrogens with zero attached hydrogens (tertiary/aromatic N) is 1. The molecule has 0 unspecified atom stereocenters. The third-order valence-electron chi connectivity index (χ3n) is 8.42. The molecule has 0 aliphatic rings. The van der Waals surface area contributed by atoms with Gasteiger partial charge in [-0.25, -0.2) is 0 Å². The highest BCUT2D eigenvalue weighted by Crippen LogP contribution is 2.45. The molecule has 2 aromatic heterocycles. The van der Waals surface area contributed by atoms with Crippen LogP contribution in [0.5, 0.6) is 0 Å². The number of rotatable bonds is 4. The first-order valence-corrected chi connectivity index (χ1v) is 14.5. The average Bonchev–Trinajstić information content (AvgIpc) is 3.62. The van der Waals surface area contributed by atoms with Crippen molar-refractivity contribution in [2.75, 3.05) is 4.90 Å². The summed E-state index contributed by atoms with van der Waals surface area (Å²) in [5.74, 6) is 0. The second-order valence-corrected chi connectivity index (χ2v) is 10.9. The summed E-state index contributed by atoms with van der Waals surface area (Å²) in [6, 6.07) is 53.0. The molecule has 3 nitrogen and oxygen atoms in total. The molecule has 0 aliphatic heterocycles. The Labute approximate surface area is 247 Å². The molecule has 2 heterocycles.